The quantitative estimate of drug-likeness (QED) is 0.175. The number of hydrogen-bond donors (Lipinski definition) is 1. The van der Waals surface area contributed by atoms with Gasteiger partial charge in [0.2, 0.25) is 0 Å². The number of hydrogen-bond acceptors (Lipinski definition) is 9. The van der Waals surface area contributed by atoms with Crippen LogP contribution in [-0.2, 0) is 5.54 Å². The van der Waals surface area contributed by atoms with E-state index in [1.807, 2.05) is 31.4 Å². The van der Waals surface area contributed by atoms with E-state index >= 15 is 0 Å². The predicted octanol–water partition coefficient (Wildman–Crippen LogP) is 6.93. The molecule has 9 nitrogen and oxygen atoms in total. The van der Waals surface area contributed by atoms with E-state index in [2.05, 4.69) is 10.3 Å². The summed E-state index contributed by atoms with van der Waals surface area (Å²) in [7, 11) is 0. The molecule has 2 aromatic carbocycles. The largest absolute Gasteiger partial charge is 0.341 e. The van der Waals surface area contributed by atoms with Crippen molar-refractivity contribution in [2.24, 2.45) is 0 Å². The molecule has 0 unspecified atom stereocenters. The van der Waals surface area contributed by atoms with Crippen molar-refractivity contribution < 1.29 is 14.6 Å². The molecule has 4 aromatic rings. The minimum Gasteiger partial charge on any atom is -0.341 e. The summed E-state index contributed by atoms with van der Waals surface area (Å²) in [5.41, 5.74) is 0.187. The number of nitro benzene ring substituents is 2. The van der Waals surface area contributed by atoms with Crippen molar-refractivity contribution in [2.45, 2.75) is 38.3 Å². The zero-order chi connectivity index (χ0) is 26.6. The number of benzene rings is 2. The van der Waals surface area contributed by atoms with Crippen molar-refractivity contribution in [3.05, 3.63) is 110 Å². The second kappa shape index (κ2) is 11.1. The van der Waals surface area contributed by atoms with Gasteiger partial charge in [-0.1, -0.05) is 41.7 Å². The van der Waals surface area contributed by atoms with E-state index in [0.29, 0.717) is 30.2 Å². The smallest absolute Gasteiger partial charge is 0.270 e. The number of amides is 1. The first kappa shape index (κ1) is 26.3. The summed E-state index contributed by atoms with van der Waals surface area (Å²) in [4.78, 5) is 41.4. The molecule has 12 heteroatoms. The van der Waals surface area contributed by atoms with Gasteiger partial charge >= 0.3 is 0 Å². The van der Waals surface area contributed by atoms with E-state index in [9.17, 15) is 25.0 Å². The lowest BCUT2D eigenvalue weighted by atomic mass is 9.99. The molecule has 2 aromatic heterocycles. The summed E-state index contributed by atoms with van der Waals surface area (Å²) in [6.07, 6.45) is 1.65. The molecule has 2 heterocycles. The zero-order valence-corrected chi connectivity index (χ0v) is 22.1. The van der Waals surface area contributed by atoms with Crippen LogP contribution in [0.15, 0.2) is 97.2 Å². The zero-order valence-electron chi connectivity index (χ0n) is 19.6. The highest BCUT2D eigenvalue weighted by atomic mass is 32.2. The highest BCUT2D eigenvalue weighted by Crippen LogP contribution is 2.44. The van der Waals surface area contributed by atoms with Crippen molar-refractivity contribution in [3.8, 4) is 0 Å². The lowest BCUT2D eigenvalue weighted by Gasteiger charge is -2.26. The Morgan fingerprint density at radius 1 is 0.919 bits per heavy atom. The second-order valence-corrected chi connectivity index (χ2v) is 11.6. The molecule has 0 radical (unpaired) electrons. The van der Waals surface area contributed by atoms with E-state index in [-0.39, 0.29) is 17.3 Å². The summed E-state index contributed by atoms with van der Waals surface area (Å²) in [5, 5.41) is 27.3. The Balaban J connectivity index is 1.71. The number of carbonyl (C=O) groups excluding carboxylic acids is 1. The first-order chi connectivity index (χ1) is 17.6. The summed E-state index contributed by atoms with van der Waals surface area (Å²) in [6, 6.07) is 17.8. The maximum atomic E-state index is 13.7. The number of aromatic nitrogens is 1. The molecule has 0 aliphatic carbocycles. The minimum absolute atomic E-state index is 0.0463. The molecule has 1 amide bonds. The fraction of sp³-hybridized carbons (Fsp3) is 0.120. The average Bonchev–Trinajstić information content (AvgIpc) is 3.26. The van der Waals surface area contributed by atoms with E-state index in [0.717, 1.165) is 0 Å². The Labute approximate surface area is 224 Å². The van der Waals surface area contributed by atoms with Gasteiger partial charge in [0.25, 0.3) is 17.3 Å². The van der Waals surface area contributed by atoms with Crippen LogP contribution < -0.4 is 5.32 Å². The standard InChI is InChI=1S/C25H20N4O5S3/c1-25(2,21-11-3-4-12-26-21)27-23(30)22-20(36-18-9-5-7-16(13-18)28(31)32)15-35-24(22)37-19-10-6-8-17(14-19)29(33)34/h3-15H,1-2H3,(H,27,30). The molecule has 0 fully saturated rings. The van der Waals surface area contributed by atoms with Gasteiger partial charge in [-0.25, -0.2) is 0 Å². The van der Waals surface area contributed by atoms with E-state index in [4.69, 9.17) is 0 Å². The lowest BCUT2D eigenvalue weighted by molar-refractivity contribution is -0.385. The summed E-state index contributed by atoms with van der Waals surface area (Å²) in [5.74, 6) is -0.349. The van der Waals surface area contributed by atoms with Crippen LogP contribution >= 0.6 is 34.9 Å². The maximum Gasteiger partial charge on any atom is 0.270 e. The first-order valence-electron chi connectivity index (χ1n) is 10.8. The summed E-state index contributed by atoms with van der Waals surface area (Å²) >= 11 is 3.82. The Bertz CT molecular complexity index is 1400. The number of nitrogens with one attached hydrogen (secondary N) is 1. The fourth-order valence-electron chi connectivity index (χ4n) is 3.38. The molecule has 37 heavy (non-hydrogen) atoms. The van der Waals surface area contributed by atoms with E-state index in [1.165, 1.54) is 59.1 Å². The van der Waals surface area contributed by atoms with Crippen LogP contribution in [0.2, 0.25) is 0 Å². The van der Waals surface area contributed by atoms with Crippen molar-refractivity contribution >= 4 is 52.1 Å². The predicted molar refractivity (Wildman–Crippen MR) is 143 cm³/mol. The van der Waals surface area contributed by atoms with Crippen LogP contribution in [0, 0.1) is 20.2 Å². The van der Waals surface area contributed by atoms with Crippen LogP contribution in [0.5, 0.6) is 0 Å². The van der Waals surface area contributed by atoms with Crippen LogP contribution in [0.3, 0.4) is 0 Å². The van der Waals surface area contributed by atoms with Crippen LogP contribution in [0.4, 0.5) is 11.4 Å². The van der Waals surface area contributed by atoms with Crippen LogP contribution in [0.1, 0.15) is 29.9 Å². The molecular formula is C25H20N4O5S3. The number of pyridine rings is 1. The third-order valence-corrected chi connectivity index (χ3v) is 8.55. The van der Waals surface area contributed by atoms with Gasteiger partial charge in [0.15, 0.2) is 0 Å². The van der Waals surface area contributed by atoms with Crippen LogP contribution in [0.25, 0.3) is 0 Å². The van der Waals surface area contributed by atoms with Crippen molar-refractivity contribution in [2.75, 3.05) is 0 Å². The van der Waals surface area contributed by atoms with Crippen molar-refractivity contribution in [3.63, 3.8) is 0 Å². The number of thiophene rings is 1. The molecule has 0 saturated carbocycles. The molecule has 4 rings (SSSR count). The molecule has 0 saturated heterocycles. The molecular weight excluding hydrogens is 532 g/mol. The third kappa shape index (κ3) is 6.34. The van der Waals surface area contributed by atoms with Gasteiger partial charge in [-0.2, -0.15) is 0 Å². The number of nitrogens with zero attached hydrogens (tertiary/aromatic N) is 3. The Morgan fingerprint density at radius 3 is 2.11 bits per heavy atom. The Hall–Kier alpha value is -3.74. The highest BCUT2D eigenvalue weighted by Gasteiger charge is 2.29. The van der Waals surface area contributed by atoms with Gasteiger partial charge in [0.1, 0.15) is 0 Å². The number of carbonyl (C=O) groups is 1. The second-order valence-electron chi connectivity index (χ2n) is 8.27. The van der Waals surface area contributed by atoms with Crippen LogP contribution in [-0.4, -0.2) is 20.7 Å². The summed E-state index contributed by atoms with van der Waals surface area (Å²) in [6.45, 7) is 3.70. The fourth-order valence-corrected chi connectivity index (χ4v) is 6.84. The Kier molecular flexibility index (Phi) is 7.91. The lowest BCUT2D eigenvalue weighted by Crippen LogP contribution is -2.41. The number of nitro groups is 2. The van der Waals surface area contributed by atoms with Gasteiger partial charge in [-0.05, 0) is 38.1 Å². The average molecular weight is 553 g/mol. The van der Waals surface area contributed by atoms with Gasteiger partial charge in [0.05, 0.1) is 30.9 Å². The van der Waals surface area contributed by atoms with Gasteiger partial charge in [-0.3, -0.25) is 30.0 Å². The van der Waals surface area contributed by atoms with Gasteiger partial charge in [-0.15, -0.1) is 11.3 Å². The van der Waals surface area contributed by atoms with E-state index < -0.39 is 15.4 Å². The van der Waals surface area contributed by atoms with Crippen molar-refractivity contribution in [1.82, 2.24) is 10.3 Å². The topological polar surface area (TPSA) is 128 Å². The molecule has 1 N–H and O–H groups in total. The molecule has 0 bridgehead atoms. The molecule has 0 atom stereocenters. The monoisotopic (exact) mass is 552 g/mol. The van der Waals surface area contributed by atoms with Gasteiger partial charge in [0, 0.05) is 50.5 Å². The van der Waals surface area contributed by atoms with E-state index in [1.54, 1.807) is 36.5 Å². The molecule has 0 spiro atoms. The highest BCUT2D eigenvalue weighted by molar-refractivity contribution is 8.02. The summed E-state index contributed by atoms with van der Waals surface area (Å²) < 4.78 is 0.641. The number of non-ortho nitro benzene ring substituents is 2. The molecule has 0 aliphatic heterocycles. The molecule has 188 valence electrons. The molecule has 0 aliphatic rings. The van der Waals surface area contributed by atoms with Gasteiger partial charge < -0.3 is 5.32 Å². The minimum atomic E-state index is -0.790. The first-order valence-corrected chi connectivity index (χ1v) is 13.4. The van der Waals surface area contributed by atoms with Crippen molar-refractivity contribution in [1.29, 1.82) is 0 Å². The normalized spacial score (nSPS) is 11.2. The maximum absolute atomic E-state index is 13.7. The Morgan fingerprint density at radius 2 is 1.54 bits per heavy atom. The number of rotatable bonds is 9. The SMILES string of the molecule is CC(C)(NC(=O)c1c(Sc2cccc([N+](=O)[O-])c2)csc1Sc1cccc([N+](=O)[O-])c1)c1ccccn1. The third-order valence-electron chi connectivity index (χ3n) is 5.18.